The summed E-state index contributed by atoms with van der Waals surface area (Å²) in [7, 11) is 4.65. The fourth-order valence-corrected chi connectivity index (χ4v) is 8.22. The number of allylic oxidation sites excluding steroid dienone is 2. The van der Waals surface area contributed by atoms with Crippen molar-refractivity contribution in [1.82, 2.24) is 19.7 Å². The largest absolute Gasteiger partial charge is 0.493 e. The van der Waals surface area contributed by atoms with Crippen LogP contribution < -0.4 is 23.7 Å². The van der Waals surface area contributed by atoms with Crippen LogP contribution in [0.1, 0.15) is 65.2 Å². The standard InChI is InChI=1S/C49H60N6O12/c1-6-32-18-36-26-50-41-24-45(43(61-4)22-39(41)48(58)54(36)28-32)66-30-34-20-38(65-13-11-53(9-8-47(56)57)10-12-63-16-17-64-15-14-60-3)21-35(52-34)31-67-46-25-42-40(23-44(46)62-5)49(59)55-29-33(7-2)19-37(55)27-51-42/h6-7,20-27,36-37H,8-19,28-31H2,1-5H3,(H,56,57)/b32-6+,33-7+/t36-,37-/m0/s1. The Labute approximate surface area is 390 Å². The first kappa shape index (κ1) is 48.6. The molecule has 0 unspecified atom stereocenters. The van der Waals surface area contributed by atoms with Gasteiger partial charge in [0, 0.05) is 76.5 Å². The van der Waals surface area contributed by atoms with Crippen LogP contribution in [0, 0.1) is 0 Å². The van der Waals surface area contributed by atoms with Crippen molar-refractivity contribution in [2.45, 2.75) is 58.4 Å². The number of pyridine rings is 1. The van der Waals surface area contributed by atoms with Gasteiger partial charge in [-0.25, -0.2) is 0 Å². The Hall–Kier alpha value is -6.34. The molecule has 0 spiro atoms. The van der Waals surface area contributed by atoms with Crippen LogP contribution in [0.3, 0.4) is 0 Å². The van der Waals surface area contributed by atoms with Gasteiger partial charge in [-0.15, -0.1) is 0 Å². The fourth-order valence-electron chi connectivity index (χ4n) is 8.22. The van der Waals surface area contributed by atoms with Crippen molar-refractivity contribution >= 4 is 41.6 Å². The summed E-state index contributed by atoms with van der Waals surface area (Å²) in [5, 5.41) is 9.42. The second-order valence-corrected chi connectivity index (χ2v) is 16.3. The smallest absolute Gasteiger partial charge is 0.304 e. The minimum absolute atomic E-state index is 0.0146. The van der Waals surface area contributed by atoms with Crippen LogP contribution in [0.4, 0.5) is 11.4 Å². The van der Waals surface area contributed by atoms with E-state index in [1.807, 2.05) is 53.1 Å². The predicted molar refractivity (Wildman–Crippen MR) is 249 cm³/mol. The summed E-state index contributed by atoms with van der Waals surface area (Å²) >= 11 is 0. The molecule has 7 rings (SSSR count). The van der Waals surface area contributed by atoms with Crippen LogP contribution >= 0.6 is 0 Å². The summed E-state index contributed by atoms with van der Waals surface area (Å²) in [6.07, 6.45) is 9.15. The summed E-state index contributed by atoms with van der Waals surface area (Å²) in [6, 6.07) is 10.0. The Bertz CT molecular complexity index is 2250. The lowest BCUT2D eigenvalue weighted by Crippen LogP contribution is -2.35. The van der Waals surface area contributed by atoms with Crippen molar-refractivity contribution in [1.29, 1.82) is 0 Å². The summed E-state index contributed by atoms with van der Waals surface area (Å²) in [5.41, 5.74) is 5.19. The molecule has 0 radical (unpaired) electrons. The molecule has 358 valence electrons. The number of methoxy groups -OCH3 is 3. The molecule has 2 atom stereocenters. The number of hydrogen-bond donors (Lipinski definition) is 1. The van der Waals surface area contributed by atoms with Crippen LogP contribution in [0.15, 0.2) is 69.7 Å². The van der Waals surface area contributed by atoms with Gasteiger partial charge in [-0.05, 0) is 38.8 Å². The number of ether oxygens (including phenoxy) is 8. The highest BCUT2D eigenvalue weighted by Gasteiger charge is 2.36. The van der Waals surface area contributed by atoms with E-state index in [-0.39, 0.29) is 50.1 Å². The highest BCUT2D eigenvalue weighted by atomic mass is 16.5. The molecule has 18 heteroatoms. The Balaban J connectivity index is 1.09. The zero-order chi connectivity index (χ0) is 47.3. The fraction of sp³-hybridized carbons (Fsp3) is 0.469. The van der Waals surface area contributed by atoms with Crippen molar-refractivity contribution in [2.24, 2.45) is 9.98 Å². The number of carbonyl (C=O) groups excluding carboxylic acids is 2. The molecule has 0 saturated carbocycles. The maximum atomic E-state index is 13.7. The van der Waals surface area contributed by atoms with Gasteiger partial charge < -0.3 is 52.8 Å². The molecule has 2 aromatic carbocycles. The Morgan fingerprint density at radius 1 is 0.672 bits per heavy atom. The molecule has 4 aliphatic heterocycles. The molecular weight excluding hydrogens is 865 g/mol. The average molecular weight is 925 g/mol. The number of amides is 2. The van der Waals surface area contributed by atoms with E-state index in [1.165, 1.54) is 25.4 Å². The van der Waals surface area contributed by atoms with Crippen LogP contribution in [0.5, 0.6) is 28.7 Å². The SMILES string of the molecule is C/C=C1\C[C@H]2C=Nc3cc(OCc4cc(OCCN(CCOCCOCCOC)CCC(=O)O)cc(COc5cc6c(cc5OC)C(=O)N5C/C(=C/C)C[C@H]5C=N6)n4)c(OC)cc3C(=O)N2C1. The third-order valence-electron chi connectivity index (χ3n) is 12.0. The van der Waals surface area contributed by atoms with E-state index in [9.17, 15) is 19.5 Å². The molecule has 0 aliphatic carbocycles. The van der Waals surface area contributed by atoms with E-state index in [0.717, 1.165) is 12.8 Å². The van der Waals surface area contributed by atoms with Crippen molar-refractivity contribution < 1.29 is 57.4 Å². The van der Waals surface area contributed by atoms with Crippen molar-refractivity contribution in [3.8, 4) is 28.7 Å². The van der Waals surface area contributed by atoms with Gasteiger partial charge in [0.05, 0.1) is 99.6 Å². The molecule has 1 N–H and O–H groups in total. The minimum atomic E-state index is -0.900. The number of fused-ring (bicyclic) bond motifs is 4. The Morgan fingerprint density at radius 3 is 1.67 bits per heavy atom. The summed E-state index contributed by atoms with van der Waals surface area (Å²) in [6.45, 7) is 8.66. The molecule has 2 saturated heterocycles. The van der Waals surface area contributed by atoms with E-state index in [2.05, 4.69) is 0 Å². The number of aliphatic imine (C=N–C) groups is 2. The zero-order valence-corrected chi connectivity index (χ0v) is 38.9. The number of aromatic nitrogens is 1. The van der Waals surface area contributed by atoms with Gasteiger partial charge in [-0.2, -0.15) is 0 Å². The van der Waals surface area contributed by atoms with Crippen LogP contribution in [-0.2, 0) is 32.2 Å². The molecule has 1 aromatic heterocycles. The van der Waals surface area contributed by atoms with Gasteiger partial charge in [0.15, 0.2) is 23.0 Å². The summed E-state index contributed by atoms with van der Waals surface area (Å²) in [4.78, 5) is 58.8. The molecule has 4 aliphatic rings. The lowest BCUT2D eigenvalue weighted by Gasteiger charge is -2.22. The topological polar surface area (TPSA) is 193 Å². The Kier molecular flexibility index (Phi) is 17.0. The second kappa shape index (κ2) is 23.4. The van der Waals surface area contributed by atoms with Gasteiger partial charge in [-0.3, -0.25) is 34.3 Å². The van der Waals surface area contributed by atoms with Crippen LogP contribution in [0.25, 0.3) is 0 Å². The lowest BCUT2D eigenvalue weighted by molar-refractivity contribution is -0.137. The number of carboxylic acids is 1. The summed E-state index contributed by atoms with van der Waals surface area (Å²) < 4.78 is 46.7. The van der Waals surface area contributed by atoms with Crippen molar-refractivity contribution in [2.75, 3.05) is 93.7 Å². The first-order valence-electron chi connectivity index (χ1n) is 22.5. The number of carbonyl (C=O) groups is 3. The second-order valence-electron chi connectivity index (χ2n) is 16.3. The Morgan fingerprint density at radius 2 is 1.18 bits per heavy atom. The average Bonchev–Trinajstić information content (AvgIpc) is 3.91. The van der Waals surface area contributed by atoms with Gasteiger partial charge in [-0.1, -0.05) is 23.3 Å². The minimum Gasteiger partial charge on any atom is -0.493 e. The summed E-state index contributed by atoms with van der Waals surface area (Å²) in [5.74, 6) is 0.807. The van der Waals surface area contributed by atoms with Gasteiger partial charge in [0.2, 0.25) is 0 Å². The normalized spacial score (nSPS) is 18.5. The quantitative estimate of drug-likeness (QED) is 0.0832. The molecular formula is C49H60N6O12. The van der Waals surface area contributed by atoms with E-state index in [1.54, 1.807) is 43.5 Å². The van der Waals surface area contributed by atoms with Gasteiger partial charge in [0.25, 0.3) is 11.8 Å². The number of aliphatic carboxylic acids is 1. The van der Waals surface area contributed by atoms with E-state index in [0.29, 0.717) is 128 Å². The first-order valence-corrected chi connectivity index (χ1v) is 22.5. The van der Waals surface area contributed by atoms with E-state index < -0.39 is 5.97 Å². The monoisotopic (exact) mass is 924 g/mol. The van der Waals surface area contributed by atoms with Crippen molar-refractivity contribution in [3.63, 3.8) is 0 Å². The molecule has 2 fully saturated rings. The van der Waals surface area contributed by atoms with E-state index >= 15 is 0 Å². The molecule has 3 aromatic rings. The van der Waals surface area contributed by atoms with E-state index in [4.69, 9.17) is 52.9 Å². The lowest BCUT2D eigenvalue weighted by atomic mass is 10.1. The zero-order valence-electron chi connectivity index (χ0n) is 38.9. The van der Waals surface area contributed by atoms with Crippen LogP contribution in [-0.4, -0.2) is 161 Å². The third kappa shape index (κ3) is 12.4. The number of nitrogens with zero attached hydrogens (tertiary/aromatic N) is 6. The van der Waals surface area contributed by atoms with Gasteiger partial charge >= 0.3 is 5.97 Å². The highest BCUT2D eigenvalue weighted by molar-refractivity contribution is 6.04. The van der Waals surface area contributed by atoms with Crippen molar-refractivity contribution in [3.05, 3.63) is 82.2 Å². The van der Waals surface area contributed by atoms with Crippen LogP contribution in [0.2, 0.25) is 0 Å². The number of carboxylic acid groups (broad SMARTS) is 1. The maximum Gasteiger partial charge on any atom is 0.304 e. The maximum absolute atomic E-state index is 13.7. The number of benzene rings is 2. The predicted octanol–water partition coefficient (Wildman–Crippen LogP) is 5.85. The number of hydrogen-bond acceptors (Lipinski definition) is 15. The highest BCUT2D eigenvalue weighted by Crippen LogP contribution is 2.41. The molecule has 18 nitrogen and oxygen atoms in total. The molecule has 2 amide bonds. The third-order valence-corrected chi connectivity index (χ3v) is 12.0. The molecule has 5 heterocycles. The molecule has 67 heavy (non-hydrogen) atoms. The number of rotatable bonds is 24. The first-order chi connectivity index (χ1) is 32.6. The van der Waals surface area contributed by atoms with Gasteiger partial charge in [0.1, 0.15) is 25.6 Å². The molecule has 0 bridgehead atoms.